The normalized spacial score (nSPS) is 23.0. The lowest BCUT2D eigenvalue weighted by Gasteiger charge is -2.11. The van der Waals surface area contributed by atoms with Gasteiger partial charge in [0, 0.05) is 11.1 Å². The minimum absolute atomic E-state index is 0.255. The molecule has 0 heterocycles. The van der Waals surface area contributed by atoms with Crippen molar-refractivity contribution < 1.29 is 14.6 Å². The Morgan fingerprint density at radius 2 is 1.94 bits per heavy atom. The summed E-state index contributed by atoms with van der Waals surface area (Å²) < 4.78 is 11.5. The average Bonchev–Trinajstić information content (AvgIpc) is 3.07. The molecule has 1 aromatic rings. The maximum absolute atomic E-state index is 9.08. The maximum Gasteiger partial charge on any atom is 0.161 e. The molecule has 0 aromatic heterocycles. The van der Waals surface area contributed by atoms with Crippen molar-refractivity contribution in [1.82, 2.24) is 0 Å². The lowest BCUT2D eigenvalue weighted by atomic mass is 10.1. The molecule has 0 saturated heterocycles. The van der Waals surface area contributed by atoms with Gasteiger partial charge in [-0.15, -0.1) is 0 Å². The lowest BCUT2D eigenvalue weighted by molar-refractivity contribution is 0.274. The minimum Gasteiger partial charge on any atom is -0.493 e. The summed E-state index contributed by atoms with van der Waals surface area (Å²) in [4.78, 5) is 0. The molecule has 3 nitrogen and oxygen atoms in total. The molecule has 0 spiro atoms. The van der Waals surface area contributed by atoms with E-state index in [9.17, 15) is 0 Å². The van der Waals surface area contributed by atoms with Crippen molar-refractivity contribution in [1.29, 1.82) is 0 Å². The highest BCUT2D eigenvalue weighted by Gasteiger charge is 2.39. The average molecular weight is 287 g/mol. The first-order valence-corrected chi connectivity index (χ1v) is 6.02. The second-order valence-electron chi connectivity index (χ2n) is 4.01. The van der Waals surface area contributed by atoms with Crippen LogP contribution in [-0.4, -0.2) is 25.9 Å². The summed E-state index contributed by atoms with van der Waals surface area (Å²) in [5.74, 6) is 2.30. The quantitative estimate of drug-likeness (QED) is 0.925. The molecule has 1 fully saturated rings. The molecule has 0 radical (unpaired) electrons. The summed E-state index contributed by atoms with van der Waals surface area (Å²) in [5.41, 5.74) is 1.19. The first-order chi connectivity index (χ1) is 7.71. The van der Waals surface area contributed by atoms with Crippen LogP contribution in [0.5, 0.6) is 11.5 Å². The molecule has 0 amide bonds. The Hall–Kier alpha value is -0.740. The van der Waals surface area contributed by atoms with Gasteiger partial charge in [0.05, 0.1) is 14.2 Å². The van der Waals surface area contributed by atoms with Crippen molar-refractivity contribution in [2.45, 2.75) is 12.3 Å². The van der Waals surface area contributed by atoms with Gasteiger partial charge in [-0.1, -0.05) is 15.9 Å². The van der Waals surface area contributed by atoms with E-state index in [-0.39, 0.29) is 6.61 Å². The SMILES string of the molecule is COc1cc(Br)c(C2CC2CO)cc1OC. The van der Waals surface area contributed by atoms with Gasteiger partial charge in [-0.05, 0) is 36.0 Å². The highest BCUT2D eigenvalue weighted by atomic mass is 79.9. The molecule has 1 saturated carbocycles. The minimum atomic E-state index is 0.255. The first-order valence-electron chi connectivity index (χ1n) is 5.23. The molecule has 1 aromatic carbocycles. The predicted molar refractivity (Wildman–Crippen MR) is 65.2 cm³/mol. The van der Waals surface area contributed by atoms with Crippen LogP contribution in [0.1, 0.15) is 17.9 Å². The Kier molecular flexibility index (Phi) is 3.40. The van der Waals surface area contributed by atoms with E-state index >= 15 is 0 Å². The van der Waals surface area contributed by atoms with Gasteiger partial charge < -0.3 is 14.6 Å². The molecule has 0 bridgehead atoms. The van der Waals surface area contributed by atoms with Crippen LogP contribution < -0.4 is 9.47 Å². The zero-order valence-corrected chi connectivity index (χ0v) is 11.0. The second kappa shape index (κ2) is 4.63. The fourth-order valence-corrected chi connectivity index (χ4v) is 2.60. The third kappa shape index (κ3) is 2.04. The number of benzene rings is 1. The lowest BCUT2D eigenvalue weighted by Crippen LogP contribution is -1.95. The van der Waals surface area contributed by atoms with E-state index in [1.54, 1.807) is 14.2 Å². The van der Waals surface area contributed by atoms with Crippen LogP contribution >= 0.6 is 15.9 Å². The maximum atomic E-state index is 9.08. The molecule has 4 heteroatoms. The topological polar surface area (TPSA) is 38.7 Å². The van der Waals surface area contributed by atoms with E-state index in [0.29, 0.717) is 11.8 Å². The molecule has 1 aliphatic rings. The third-order valence-corrected chi connectivity index (χ3v) is 3.75. The van der Waals surface area contributed by atoms with Crippen LogP contribution in [0.25, 0.3) is 0 Å². The summed E-state index contributed by atoms with van der Waals surface area (Å²) in [7, 11) is 3.25. The number of ether oxygens (including phenoxy) is 2. The first kappa shape index (κ1) is 11.7. The predicted octanol–water partition coefficient (Wildman–Crippen LogP) is 2.56. The van der Waals surface area contributed by atoms with Gasteiger partial charge in [0.2, 0.25) is 0 Å². The number of rotatable bonds is 4. The van der Waals surface area contributed by atoms with Crippen molar-refractivity contribution >= 4 is 15.9 Å². The van der Waals surface area contributed by atoms with Crippen molar-refractivity contribution in [3.63, 3.8) is 0 Å². The van der Waals surface area contributed by atoms with Gasteiger partial charge in [0.15, 0.2) is 11.5 Å². The highest BCUT2D eigenvalue weighted by Crippen LogP contribution is 2.51. The zero-order valence-electron chi connectivity index (χ0n) is 9.37. The molecule has 88 valence electrons. The highest BCUT2D eigenvalue weighted by molar-refractivity contribution is 9.10. The van der Waals surface area contributed by atoms with E-state index in [0.717, 1.165) is 22.4 Å². The molecule has 16 heavy (non-hydrogen) atoms. The van der Waals surface area contributed by atoms with Crippen LogP contribution in [0.4, 0.5) is 0 Å². The Bertz CT molecular complexity index is 392. The van der Waals surface area contributed by atoms with Gasteiger partial charge >= 0.3 is 0 Å². The Morgan fingerprint density at radius 3 is 2.44 bits per heavy atom. The van der Waals surface area contributed by atoms with Crippen LogP contribution in [0.15, 0.2) is 16.6 Å². The molecule has 0 aliphatic heterocycles. The number of methoxy groups -OCH3 is 2. The fraction of sp³-hybridized carbons (Fsp3) is 0.500. The number of hydrogen-bond acceptors (Lipinski definition) is 3. The number of aliphatic hydroxyl groups excluding tert-OH is 1. The largest absolute Gasteiger partial charge is 0.493 e. The molecule has 2 unspecified atom stereocenters. The number of hydrogen-bond donors (Lipinski definition) is 1. The summed E-state index contributed by atoms with van der Waals surface area (Å²) in [6, 6.07) is 3.91. The molecular formula is C12H15BrO3. The van der Waals surface area contributed by atoms with Gasteiger partial charge in [0.1, 0.15) is 0 Å². The van der Waals surface area contributed by atoms with E-state index in [2.05, 4.69) is 15.9 Å². The summed E-state index contributed by atoms with van der Waals surface area (Å²) in [5, 5.41) is 9.08. The van der Waals surface area contributed by atoms with Gasteiger partial charge in [-0.2, -0.15) is 0 Å². The van der Waals surface area contributed by atoms with Crippen molar-refractivity contribution in [3.8, 4) is 11.5 Å². The van der Waals surface area contributed by atoms with Crippen molar-refractivity contribution in [2.75, 3.05) is 20.8 Å². The Labute approximate surface area is 104 Å². The van der Waals surface area contributed by atoms with E-state index in [4.69, 9.17) is 14.6 Å². The second-order valence-corrected chi connectivity index (χ2v) is 4.87. The molecule has 1 aliphatic carbocycles. The molecule has 2 atom stereocenters. The summed E-state index contributed by atoms with van der Waals surface area (Å²) in [6.07, 6.45) is 1.05. The number of aliphatic hydroxyl groups is 1. The molecular weight excluding hydrogens is 272 g/mol. The van der Waals surface area contributed by atoms with Gasteiger partial charge in [0.25, 0.3) is 0 Å². The van der Waals surface area contributed by atoms with Crippen LogP contribution in [0.2, 0.25) is 0 Å². The fourth-order valence-electron chi connectivity index (χ4n) is 1.98. The summed E-state index contributed by atoms with van der Waals surface area (Å²) >= 11 is 3.53. The Balaban J connectivity index is 2.32. The summed E-state index contributed by atoms with van der Waals surface area (Å²) in [6.45, 7) is 0.255. The monoisotopic (exact) mass is 286 g/mol. The number of halogens is 1. The standard InChI is InChI=1S/C12H15BrO3/c1-15-11-4-9(8-3-7(8)6-14)10(13)5-12(11)16-2/h4-5,7-8,14H,3,6H2,1-2H3. The van der Waals surface area contributed by atoms with E-state index < -0.39 is 0 Å². The molecule has 2 rings (SSSR count). The van der Waals surface area contributed by atoms with E-state index in [1.807, 2.05) is 12.1 Å². The van der Waals surface area contributed by atoms with Crippen molar-refractivity contribution in [2.24, 2.45) is 5.92 Å². The Morgan fingerprint density at radius 1 is 1.31 bits per heavy atom. The van der Waals surface area contributed by atoms with Gasteiger partial charge in [-0.25, -0.2) is 0 Å². The molecule has 1 N–H and O–H groups in total. The van der Waals surface area contributed by atoms with Crippen LogP contribution in [0, 0.1) is 5.92 Å². The van der Waals surface area contributed by atoms with E-state index in [1.165, 1.54) is 5.56 Å². The third-order valence-electron chi connectivity index (χ3n) is 3.06. The van der Waals surface area contributed by atoms with Crippen molar-refractivity contribution in [3.05, 3.63) is 22.2 Å². The zero-order chi connectivity index (χ0) is 11.7. The van der Waals surface area contributed by atoms with Gasteiger partial charge in [-0.3, -0.25) is 0 Å². The smallest absolute Gasteiger partial charge is 0.161 e. The van der Waals surface area contributed by atoms with Crippen LogP contribution in [0.3, 0.4) is 0 Å². The van der Waals surface area contributed by atoms with Crippen LogP contribution in [-0.2, 0) is 0 Å².